The molecule has 0 aromatic rings. The molecular weight excluding hydrogens is 204 g/mol. The van der Waals surface area contributed by atoms with Gasteiger partial charge < -0.3 is 9.64 Å². The largest absolute Gasteiger partial charge is 0.444 e. The van der Waals surface area contributed by atoms with Crippen LogP contribution < -0.4 is 0 Å². The van der Waals surface area contributed by atoms with Crippen molar-refractivity contribution >= 4 is 6.09 Å². The van der Waals surface area contributed by atoms with E-state index in [1.165, 1.54) is 0 Å². The van der Waals surface area contributed by atoms with E-state index in [0.29, 0.717) is 6.54 Å². The normalized spacial score (nSPS) is 22.7. The number of rotatable bonds is 1. The van der Waals surface area contributed by atoms with Crippen molar-refractivity contribution < 1.29 is 9.53 Å². The van der Waals surface area contributed by atoms with Gasteiger partial charge in [0.05, 0.1) is 18.0 Å². The summed E-state index contributed by atoms with van der Waals surface area (Å²) in [4.78, 5) is 13.6. The molecule has 2 atom stereocenters. The second-order valence-electron chi connectivity index (χ2n) is 5.30. The van der Waals surface area contributed by atoms with Crippen molar-refractivity contribution in [3.05, 3.63) is 0 Å². The summed E-state index contributed by atoms with van der Waals surface area (Å²) >= 11 is 0. The number of likely N-dealkylation sites (tertiary alicyclic amines) is 1. The lowest BCUT2D eigenvalue weighted by Crippen LogP contribution is -2.42. The third-order valence-electron chi connectivity index (χ3n) is 2.71. The van der Waals surface area contributed by atoms with E-state index in [1.807, 2.05) is 27.7 Å². The first-order valence-corrected chi connectivity index (χ1v) is 5.74. The minimum absolute atomic E-state index is 0.0137. The number of nitrogens with zero attached hydrogens (tertiary/aromatic N) is 2. The Hall–Kier alpha value is -1.24. The second kappa shape index (κ2) is 4.73. The lowest BCUT2D eigenvalue weighted by molar-refractivity contribution is 0.0202. The van der Waals surface area contributed by atoms with Gasteiger partial charge in [-0.05, 0) is 40.5 Å². The van der Waals surface area contributed by atoms with Gasteiger partial charge in [0.2, 0.25) is 0 Å². The van der Waals surface area contributed by atoms with E-state index in [0.717, 1.165) is 12.8 Å². The van der Waals surface area contributed by atoms with Crippen molar-refractivity contribution in [2.24, 2.45) is 5.92 Å². The molecule has 1 amide bonds. The van der Waals surface area contributed by atoms with Gasteiger partial charge in [-0.1, -0.05) is 0 Å². The van der Waals surface area contributed by atoms with E-state index >= 15 is 0 Å². The zero-order chi connectivity index (χ0) is 12.3. The van der Waals surface area contributed by atoms with Crippen LogP contribution >= 0.6 is 0 Å². The van der Waals surface area contributed by atoms with E-state index in [9.17, 15) is 4.79 Å². The fourth-order valence-corrected chi connectivity index (χ4v) is 1.95. The highest BCUT2D eigenvalue weighted by molar-refractivity contribution is 5.69. The maximum atomic E-state index is 11.9. The molecule has 0 bridgehead atoms. The van der Waals surface area contributed by atoms with Crippen molar-refractivity contribution in [2.45, 2.75) is 52.2 Å². The van der Waals surface area contributed by atoms with Crippen LogP contribution in [0.25, 0.3) is 0 Å². The molecule has 0 N–H and O–H groups in total. The number of nitriles is 1. The van der Waals surface area contributed by atoms with E-state index in [4.69, 9.17) is 10.00 Å². The molecule has 0 saturated carbocycles. The standard InChI is InChI=1S/C12H20N2O2/c1-9(8-13)10-6-5-7-14(10)11(15)16-12(2,3)4/h9-10H,5-7H2,1-4H3/t9-,10-/m0/s1. The summed E-state index contributed by atoms with van der Waals surface area (Å²) in [6.45, 7) is 8.11. The molecule has 0 aromatic heterocycles. The summed E-state index contributed by atoms with van der Waals surface area (Å²) in [6.07, 6.45) is 1.56. The van der Waals surface area contributed by atoms with Gasteiger partial charge in [0.25, 0.3) is 0 Å². The van der Waals surface area contributed by atoms with E-state index in [2.05, 4.69) is 6.07 Å². The maximum absolute atomic E-state index is 11.9. The van der Waals surface area contributed by atoms with Crippen molar-refractivity contribution in [3.63, 3.8) is 0 Å². The van der Waals surface area contributed by atoms with E-state index in [-0.39, 0.29) is 18.1 Å². The lowest BCUT2D eigenvalue weighted by atomic mass is 10.0. The minimum Gasteiger partial charge on any atom is -0.444 e. The summed E-state index contributed by atoms with van der Waals surface area (Å²) in [5, 5.41) is 8.90. The smallest absolute Gasteiger partial charge is 0.410 e. The van der Waals surface area contributed by atoms with Gasteiger partial charge >= 0.3 is 6.09 Å². The van der Waals surface area contributed by atoms with Crippen molar-refractivity contribution in [3.8, 4) is 6.07 Å². The zero-order valence-corrected chi connectivity index (χ0v) is 10.5. The Morgan fingerprint density at radius 3 is 2.69 bits per heavy atom. The molecule has 4 heteroatoms. The predicted molar refractivity (Wildman–Crippen MR) is 60.7 cm³/mol. The molecule has 0 aliphatic carbocycles. The molecule has 1 fully saturated rings. The molecule has 16 heavy (non-hydrogen) atoms. The predicted octanol–water partition coefficient (Wildman–Crippen LogP) is 2.55. The van der Waals surface area contributed by atoms with Crippen molar-refractivity contribution in [2.75, 3.05) is 6.54 Å². The molecule has 90 valence electrons. The van der Waals surface area contributed by atoms with Gasteiger partial charge in [0.1, 0.15) is 5.60 Å². The van der Waals surface area contributed by atoms with Crippen LogP contribution in [0.2, 0.25) is 0 Å². The Kier molecular flexibility index (Phi) is 3.79. The third kappa shape index (κ3) is 3.13. The third-order valence-corrected chi connectivity index (χ3v) is 2.71. The highest BCUT2D eigenvalue weighted by Gasteiger charge is 2.35. The molecule has 0 aromatic carbocycles. The average Bonchev–Trinajstić information content (AvgIpc) is 2.62. The number of hydrogen-bond acceptors (Lipinski definition) is 3. The Morgan fingerprint density at radius 2 is 2.19 bits per heavy atom. The monoisotopic (exact) mass is 224 g/mol. The first kappa shape index (κ1) is 12.8. The summed E-state index contributed by atoms with van der Waals surface area (Å²) < 4.78 is 5.32. The van der Waals surface area contributed by atoms with Crippen LogP contribution in [0, 0.1) is 17.2 Å². The first-order chi connectivity index (χ1) is 7.35. The number of ether oxygens (including phenoxy) is 1. The van der Waals surface area contributed by atoms with Crippen molar-refractivity contribution in [1.82, 2.24) is 4.90 Å². The van der Waals surface area contributed by atoms with Gasteiger partial charge in [-0.15, -0.1) is 0 Å². The van der Waals surface area contributed by atoms with E-state index < -0.39 is 5.60 Å². The summed E-state index contributed by atoms with van der Waals surface area (Å²) in [5.41, 5.74) is -0.472. The first-order valence-electron chi connectivity index (χ1n) is 5.74. The molecular formula is C12H20N2O2. The van der Waals surface area contributed by atoms with Crippen LogP contribution in [0.15, 0.2) is 0 Å². The van der Waals surface area contributed by atoms with Crippen LogP contribution in [-0.4, -0.2) is 29.2 Å². The van der Waals surface area contributed by atoms with Gasteiger partial charge in [-0.3, -0.25) is 0 Å². The van der Waals surface area contributed by atoms with Crippen LogP contribution in [0.4, 0.5) is 4.79 Å². The Bertz CT molecular complexity index is 301. The minimum atomic E-state index is -0.472. The van der Waals surface area contributed by atoms with Crippen LogP contribution in [0.3, 0.4) is 0 Å². The second-order valence-corrected chi connectivity index (χ2v) is 5.30. The van der Waals surface area contributed by atoms with Gasteiger partial charge in [0, 0.05) is 6.54 Å². The number of carbonyl (C=O) groups is 1. The molecule has 1 saturated heterocycles. The van der Waals surface area contributed by atoms with Crippen molar-refractivity contribution in [1.29, 1.82) is 5.26 Å². The SMILES string of the molecule is C[C@@H](C#N)[C@@H]1CCCN1C(=O)OC(C)(C)C. The summed E-state index contributed by atoms with van der Waals surface area (Å²) in [6, 6.07) is 2.22. The fourth-order valence-electron chi connectivity index (χ4n) is 1.95. The molecule has 4 nitrogen and oxygen atoms in total. The topological polar surface area (TPSA) is 53.3 Å². The highest BCUT2D eigenvalue weighted by atomic mass is 16.6. The van der Waals surface area contributed by atoms with Crippen LogP contribution in [0.1, 0.15) is 40.5 Å². The molecule has 0 radical (unpaired) electrons. The van der Waals surface area contributed by atoms with E-state index in [1.54, 1.807) is 4.90 Å². The maximum Gasteiger partial charge on any atom is 0.410 e. The quantitative estimate of drug-likeness (QED) is 0.687. The van der Waals surface area contributed by atoms with Crippen LogP contribution in [0.5, 0.6) is 0 Å². The molecule has 1 rings (SSSR count). The Balaban J connectivity index is 2.65. The number of amides is 1. The lowest BCUT2D eigenvalue weighted by Gasteiger charge is -2.29. The molecule has 0 unspecified atom stereocenters. The average molecular weight is 224 g/mol. The molecule has 1 aliphatic rings. The Labute approximate surface area is 97.2 Å². The Morgan fingerprint density at radius 1 is 1.56 bits per heavy atom. The number of carbonyl (C=O) groups excluding carboxylic acids is 1. The fraction of sp³-hybridized carbons (Fsp3) is 0.833. The van der Waals surface area contributed by atoms with Gasteiger partial charge in [0.15, 0.2) is 0 Å². The van der Waals surface area contributed by atoms with Gasteiger partial charge in [-0.2, -0.15) is 5.26 Å². The number of hydrogen-bond donors (Lipinski definition) is 0. The summed E-state index contributed by atoms with van der Waals surface area (Å²) in [7, 11) is 0. The van der Waals surface area contributed by atoms with Crippen LogP contribution in [-0.2, 0) is 4.74 Å². The molecule has 0 spiro atoms. The highest BCUT2D eigenvalue weighted by Crippen LogP contribution is 2.25. The van der Waals surface area contributed by atoms with Gasteiger partial charge in [-0.25, -0.2) is 4.79 Å². The summed E-state index contributed by atoms with van der Waals surface area (Å²) in [5.74, 6) is -0.130. The molecule has 1 aliphatic heterocycles. The zero-order valence-electron chi connectivity index (χ0n) is 10.5. The molecule has 1 heterocycles.